The lowest BCUT2D eigenvalue weighted by atomic mass is 10.1. The molecule has 0 spiro atoms. The van der Waals surface area contributed by atoms with Crippen molar-refractivity contribution < 1.29 is 9.53 Å². The summed E-state index contributed by atoms with van der Waals surface area (Å²) < 4.78 is 7.37. The van der Waals surface area contributed by atoms with Crippen LogP contribution in [0.1, 0.15) is 30.1 Å². The van der Waals surface area contributed by atoms with Crippen LogP contribution in [0.2, 0.25) is 0 Å². The normalized spacial score (nSPS) is 19.4. The van der Waals surface area contributed by atoms with Crippen molar-refractivity contribution >= 4 is 5.91 Å². The minimum absolute atomic E-state index is 0.00771. The lowest BCUT2D eigenvalue weighted by molar-refractivity contribution is 0.0712. The van der Waals surface area contributed by atoms with Crippen molar-refractivity contribution in [2.75, 3.05) is 6.61 Å². The van der Waals surface area contributed by atoms with Crippen LogP contribution in [0, 0.1) is 0 Å². The van der Waals surface area contributed by atoms with Gasteiger partial charge in [0.15, 0.2) is 0 Å². The monoisotopic (exact) mass is 286 g/mol. The minimum atomic E-state index is -0.123. The van der Waals surface area contributed by atoms with Crippen molar-refractivity contribution in [3.63, 3.8) is 0 Å². The molecule has 0 aliphatic carbocycles. The predicted molar refractivity (Wildman–Crippen MR) is 77.3 cm³/mol. The first-order valence-electron chi connectivity index (χ1n) is 7.11. The quantitative estimate of drug-likeness (QED) is 0.926. The summed E-state index contributed by atoms with van der Waals surface area (Å²) in [6.45, 7) is 2.76. The third kappa shape index (κ3) is 3.11. The van der Waals surface area contributed by atoms with Crippen molar-refractivity contribution in [1.82, 2.24) is 19.9 Å². The Bertz CT molecular complexity index is 589. The molecule has 2 atom stereocenters. The van der Waals surface area contributed by atoms with Gasteiger partial charge >= 0.3 is 0 Å². The third-order valence-electron chi connectivity index (χ3n) is 3.66. The predicted octanol–water partition coefficient (Wildman–Crippen LogP) is 1.56. The van der Waals surface area contributed by atoms with Gasteiger partial charge in [-0.05, 0) is 31.9 Å². The average Bonchev–Trinajstić information content (AvgIpc) is 3.20. The van der Waals surface area contributed by atoms with Gasteiger partial charge in [0.2, 0.25) is 0 Å². The Kier molecular flexibility index (Phi) is 3.96. The number of carbonyl (C=O) groups excluding carboxylic acids is 1. The highest BCUT2D eigenvalue weighted by Gasteiger charge is 2.24. The number of carbonyl (C=O) groups is 1. The summed E-state index contributed by atoms with van der Waals surface area (Å²) in [7, 11) is 0. The molecule has 1 N–H and O–H groups in total. The van der Waals surface area contributed by atoms with Crippen LogP contribution in [0.4, 0.5) is 0 Å². The zero-order valence-corrected chi connectivity index (χ0v) is 11.9. The lowest BCUT2D eigenvalue weighted by Gasteiger charge is -2.19. The Hall–Kier alpha value is -2.21. The summed E-state index contributed by atoms with van der Waals surface area (Å²) in [6.07, 6.45) is 8.92. The molecule has 0 unspecified atom stereocenters. The van der Waals surface area contributed by atoms with Crippen LogP contribution in [0.15, 0.2) is 37.1 Å². The van der Waals surface area contributed by atoms with E-state index < -0.39 is 0 Å². The second kappa shape index (κ2) is 6.05. The van der Waals surface area contributed by atoms with Crippen LogP contribution in [0.25, 0.3) is 5.82 Å². The van der Waals surface area contributed by atoms with Gasteiger partial charge in [-0.1, -0.05) is 0 Å². The van der Waals surface area contributed by atoms with E-state index in [0.717, 1.165) is 25.3 Å². The number of imidazole rings is 1. The number of nitrogens with one attached hydrogen (secondary N) is 1. The molecule has 0 saturated carbocycles. The summed E-state index contributed by atoms with van der Waals surface area (Å²) >= 11 is 0. The van der Waals surface area contributed by atoms with Crippen LogP contribution in [-0.4, -0.2) is 39.2 Å². The van der Waals surface area contributed by atoms with Crippen LogP contribution >= 0.6 is 0 Å². The molecule has 2 aromatic rings. The molecule has 6 heteroatoms. The molecule has 2 aromatic heterocycles. The summed E-state index contributed by atoms with van der Waals surface area (Å²) in [4.78, 5) is 20.4. The molecule has 3 heterocycles. The first-order chi connectivity index (χ1) is 10.2. The van der Waals surface area contributed by atoms with Gasteiger partial charge < -0.3 is 10.1 Å². The Morgan fingerprint density at radius 2 is 2.43 bits per heavy atom. The molecule has 1 saturated heterocycles. The maximum absolute atomic E-state index is 12.2. The van der Waals surface area contributed by atoms with Crippen LogP contribution in [0.3, 0.4) is 0 Å². The molecule has 21 heavy (non-hydrogen) atoms. The third-order valence-corrected chi connectivity index (χ3v) is 3.66. The number of rotatable bonds is 4. The number of aromatic nitrogens is 3. The Balaban J connectivity index is 1.64. The zero-order chi connectivity index (χ0) is 14.7. The number of pyridine rings is 1. The maximum atomic E-state index is 12.2. The summed E-state index contributed by atoms with van der Waals surface area (Å²) in [5.74, 6) is 0.610. The molecule has 0 bridgehead atoms. The molecule has 1 aliphatic rings. The van der Waals surface area contributed by atoms with Gasteiger partial charge in [-0.25, -0.2) is 9.97 Å². The van der Waals surface area contributed by atoms with Crippen molar-refractivity contribution in [2.45, 2.75) is 31.9 Å². The largest absolute Gasteiger partial charge is 0.376 e. The van der Waals surface area contributed by atoms with Gasteiger partial charge in [-0.3, -0.25) is 9.36 Å². The molecule has 1 aliphatic heterocycles. The molecule has 110 valence electrons. The van der Waals surface area contributed by atoms with E-state index in [1.165, 1.54) is 0 Å². The number of hydrogen-bond donors (Lipinski definition) is 1. The molecule has 0 aromatic carbocycles. The Morgan fingerprint density at radius 1 is 1.52 bits per heavy atom. The van der Waals surface area contributed by atoms with Gasteiger partial charge in [0.1, 0.15) is 12.1 Å². The fourth-order valence-corrected chi connectivity index (χ4v) is 2.45. The summed E-state index contributed by atoms with van der Waals surface area (Å²) in [6, 6.07) is 3.57. The number of amides is 1. The van der Waals surface area contributed by atoms with Crippen molar-refractivity contribution in [3.05, 3.63) is 42.6 Å². The second-order valence-corrected chi connectivity index (χ2v) is 5.19. The van der Waals surface area contributed by atoms with Crippen molar-refractivity contribution in [2.24, 2.45) is 0 Å². The first-order valence-corrected chi connectivity index (χ1v) is 7.11. The van der Waals surface area contributed by atoms with Crippen molar-refractivity contribution in [3.8, 4) is 5.82 Å². The number of nitrogens with zero attached hydrogens (tertiary/aromatic N) is 3. The summed E-state index contributed by atoms with van der Waals surface area (Å²) in [5.41, 5.74) is 0.545. The minimum Gasteiger partial charge on any atom is -0.376 e. The fourth-order valence-electron chi connectivity index (χ4n) is 2.45. The van der Waals surface area contributed by atoms with Crippen LogP contribution < -0.4 is 5.32 Å². The van der Waals surface area contributed by atoms with Gasteiger partial charge in [0.05, 0.1) is 17.7 Å². The Morgan fingerprint density at radius 3 is 3.05 bits per heavy atom. The van der Waals surface area contributed by atoms with E-state index in [4.69, 9.17) is 4.74 Å². The van der Waals surface area contributed by atoms with E-state index in [0.29, 0.717) is 5.56 Å². The highest BCUT2D eigenvalue weighted by molar-refractivity contribution is 5.94. The van der Waals surface area contributed by atoms with E-state index in [9.17, 15) is 4.79 Å². The molecule has 3 rings (SSSR count). The Labute approximate surface area is 123 Å². The molecule has 1 amide bonds. The van der Waals surface area contributed by atoms with E-state index in [1.54, 1.807) is 35.4 Å². The molecular weight excluding hydrogens is 268 g/mol. The van der Waals surface area contributed by atoms with Crippen LogP contribution in [0.5, 0.6) is 0 Å². The smallest absolute Gasteiger partial charge is 0.253 e. The zero-order valence-electron chi connectivity index (χ0n) is 11.9. The van der Waals surface area contributed by atoms with Gasteiger partial charge in [-0.2, -0.15) is 0 Å². The van der Waals surface area contributed by atoms with Gasteiger partial charge in [-0.15, -0.1) is 0 Å². The lowest BCUT2D eigenvalue weighted by Crippen LogP contribution is -2.40. The van der Waals surface area contributed by atoms with Gasteiger partial charge in [0.25, 0.3) is 5.91 Å². The molecular formula is C15H18N4O2. The topological polar surface area (TPSA) is 69.0 Å². The van der Waals surface area contributed by atoms with Gasteiger partial charge in [0, 0.05) is 25.2 Å². The SMILES string of the molecule is C[C@@H](NC(=O)c1ccc(-n2ccnc2)nc1)[C@@H]1CCCO1. The first kappa shape index (κ1) is 13.8. The highest BCUT2D eigenvalue weighted by Crippen LogP contribution is 2.15. The number of hydrogen-bond acceptors (Lipinski definition) is 4. The number of ether oxygens (including phenoxy) is 1. The van der Waals surface area contributed by atoms with Crippen LogP contribution in [-0.2, 0) is 4.74 Å². The highest BCUT2D eigenvalue weighted by atomic mass is 16.5. The van der Waals surface area contributed by atoms with Crippen molar-refractivity contribution in [1.29, 1.82) is 0 Å². The fraction of sp³-hybridized carbons (Fsp3) is 0.400. The summed E-state index contributed by atoms with van der Waals surface area (Å²) in [5, 5.41) is 2.97. The van der Waals surface area contributed by atoms with E-state index in [-0.39, 0.29) is 18.1 Å². The second-order valence-electron chi connectivity index (χ2n) is 5.19. The van der Waals surface area contributed by atoms with E-state index in [2.05, 4.69) is 15.3 Å². The van der Waals surface area contributed by atoms with E-state index in [1.807, 2.05) is 13.1 Å². The average molecular weight is 286 g/mol. The van der Waals surface area contributed by atoms with E-state index >= 15 is 0 Å². The maximum Gasteiger partial charge on any atom is 0.253 e. The molecule has 0 radical (unpaired) electrons. The molecule has 6 nitrogen and oxygen atoms in total. The standard InChI is InChI=1S/C15H18N4O2/c1-11(13-3-2-8-21-13)18-15(20)12-4-5-14(17-9-12)19-7-6-16-10-19/h4-7,9-11,13H,2-3,8H2,1H3,(H,18,20)/t11-,13+/m1/s1. The molecule has 1 fully saturated rings.